The van der Waals surface area contributed by atoms with Crippen LogP contribution in [0.3, 0.4) is 0 Å². The van der Waals surface area contributed by atoms with Gasteiger partial charge in [-0.25, -0.2) is 9.97 Å². The Kier molecular flexibility index (Phi) is 3.76. The summed E-state index contributed by atoms with van der Waals surface area (Å²) in [5.74, 6) is 0.372. The molecule has 18 heavy (non-hydrogen) atoms. The summed E-state index contributed by atoms with van der Waals surface area (Å²) in [6.07, 6.45) is 3.41. The van der Waals surface area contributed by atoms with Gasteiger partial charge in [-0.3, -0.25) is 9.69 Å². The Morgan fingerprint density at radius 2 is 2.06 bits per heavy atom. The summed E-state index contributed by atoms with van der Waals surface area (Å²) in [4.78, 5) is 24.1. The highest BCUT2D eigenvalue weighted by molar-refractivity contribution is 5.80. The van der Waals surface area contributed by atoms with Crippen LogP contribution in [0.1, 0.15) is 13.8 Å². The second-order valence-electron chi connectivity index (χ2n) is 4.74. The Morgan fingerprint density at radius 1 is 1.39 bits per heavy atom. The molecule has 0 saturated carbocycles. The molecule has 0 bridgehead atoms. The molecule has 1 aliphatic rings. The number of nitrogens with two attached hydrogens (primary N) is 1. The van der Waals surface area contributed by atoms with E-state index in [1.807, 2.05) is 4.90 Å². The molecule has 2 rings (SSSR count). The van der Waals surface area contributed by atoms with Crippen molar-refractivity contribution in [3.8, 4) is 0 Å². The number of hydrogen-bond acceptors (Lipinski definition) is 5. The van der Waals surface area contributed by atoms with Crippen molar-refractivity contribution in [3.63, 3.8) is 0 Å². The number of hydrogen-bond donors (Lipinski definition) is 1. The monoisotopic (exact) mass is 249 g/mol. The van der Waals surface area contributed by atoms with E-state index in [2.05, 4.69) is 28.7 Å². The maximum absolute atomic E-state index is 11.6. The molecule has 1 aromatic rings. The zero-order valence-electron chi connectivity index (χ0n) is 10.8. The Balaban J connectivity index is 2.14. The van der Waals surface area contributed by atoms with Crippen molar-refractivity contribution >= 4 is 11.9 Å². The van der Waals surface area contributed by atoms with Gasteiger partial charge in [0.2, 0.25) is 11.9 Å². The highest BCUT2D eigenvalue weighted by Crippen LogP contribution is 2.16. The molecule has 1 atom stereocenters. The zero-order chi connectivity index (χ0) is 13.1. The van der Waals surface area contributed by atoms with Gasteiger partial charge in [-0.05, 0) is 19.9 Å². The van der Waals surface area contributed by atoms with Crippen molar-refractivity contribution in [1.82, 2.24) is 14.9 Å². The predicted octanol–water partition coefficient (Wildman–Crippen LogP) is -0.139. The minimum absolute atomic E-state index is 0.275. The first-order valence-electron chi connectivity index (χ1n) is 6.16. The molecule has 0 spiro atoms. The van der Waals surface area contributed by atoms with E-state index in [0.717, 1.165) is 13.1 Å². The minimum Gasteiger partial charge on any atom is -0.368 e. The number of primary amides is 1. The Bertz CT molecular complexity index is 408. The van der Waals surface area contributed by atoms with Gasteiger partial charge in [0, 0.05) is 38.1 Å². The van der Waals surface area contributed by atoms with Crippen LogP contribution in [-0.4, -0.2) is 52.5 Å². The highest BCUT2D eigenvalue weighted by Gasteiger charge is 2.33. The maximum Gasteiger partial charge on any atom is 0.236 e. The molecular weight excluding hydrogens is 230 g/mol. The first kappa shape index (κ1) is 12.8. The molecule has 0 unspecified atom stereocenters. The van der Waals surface area contributed by atoms with Crippen LogP contribution in [0.15, 0.2) is 18.5 Å². The second kappa shape index (κ2) is 5.30. The molecule has 0 radical (unpaired) electrons. The summed E-state index contributed by atoms with van der Waals surface area (Å²) < 4.78 is 0. The number of carbonyl (C=O) groups excluding carboxylic acids is 1. The van der Waals surface area contributed by atoms with E-state index in [1.54, 1.807) is 18.5 Å². The second-order valence-corrected chi connectivity index (χ2v) is 4.74. The van der Waals surface area contributed by atoms with Gasteiger partial charge >= 0.3 is 0 Å². The highest BCUT2D eigenvalue weighted by atomic mass is 16.1. The molecule has 1 aliphatic heterocycles. The van der Waals surface area contributed by atoms with Gasteiger partial charge in [0.15, 0.2) is 0 Å². The third kappa shape index (κ3) is 2.59. The number of nitrogens with zero attached hydrogens (tertiary/aromatic N) is 4. The number of anilines is 1. The number of aromatic nitrogens is 2. The van der Waals surface area contributed by atoms with Gasteiger partial charge in [0.1, 0.15) is 6.04 Å². The summed E-state index contributed by atoms with van der Waals surface area (Å²) in [7, 11) is 0. The SMILES string of the molecule is CC(C)N1CCN(c2ncccn2)C[C@H]1C(N)=O. The van der Waals surface area contributed by atoms with Crippen molar-refractivity contribution in [2.75, 3.05) is 24.5 Å². The van der Waals surface area contributed by atoms with Crippen molar-refractivity contribution in [3.05, 3.63) is 18.5 Å². The van der Waals surface area contributed by atoms with Crippen LogP contribution in [0.4, 0.5) is 5.95 Å². The molecular formula is C12H19N5O. The number of piperazine rings is 1. The number of carbonyl (C=O) groups is 1. The van der Waals surface area contributed by atoms with E-state index in [9.17, 15) is 4.79 Å². The average molecular weight is 249 g/mol. The van der Waals surface area contributed by atoms with Crippen LogP contribution in [0.2, 0.25) is 0 Å². The van der Waals surface area contributed by atoms with E-state index in [-0.39, 0.29) is 11.9 Å². The van der Waals surface area contributed by atoms with Crippen LogP contribution < -0.4 is 10.6 Å². The average Bonchev–Trinajstić information content (AvgIpc) is 2.39. The van der Waals surface area contributed by atoms with Crippen molar-refractivity contribution in [2.24, 2.45) is 5.73 Å². The molecule has 0 aromatic carbocycles. The molecule has 1 saturated heterocycles. The third-order valence-corrected chi connectivity index (χ3v) is 3.25. The van der Waals surface area contributed by atoms with Gasteiger partial charge in [0.25, 0.3) is 0 Å². The van der Waals surface area contributed by atoms with Crippen LogP contribution in [0.25, 0.3) is 0 Å². The summed E-state index contributed by atoms with van der Waals surface area (Å²) >= 11 is 0. The normalized spacial score (nSPS) is 21.3. The van der Waals surface area contributed by atoms with Crippen molar-refractivity contribution in [2.45, 2.75) is 25.9 Å². The van der Waals surface area contributed by atoms with Crippen LogP contribution in [0, 0.1) is 0 Å². The summed E-state index contributed by atoms with van der Waals surface area (Å²) in [5.41, 5.74) is 5.49. The van der Waals surface area contributed by atoms with Crippen molar-refractivity contribution in [1.29, 1.82) is 0 Å². The Labute approximate surface area is 107 Å². The smallest absolute Gasteiger partial charge is 0.236 e. The summed E-state index contributed by atoms with van der Waals surface area (Å²) in [6, 6.07) is 1.81. The third-order valence-electron chi connectivity index (χ3n) is 3.25. The van der Waals surface area contributed by atoms with Gasteiger partial charge in [-0.1, -0.05) is 0 Å². The molecule has 1 amide bonds. The molecule has 6 heteroatoms. The van der Waals surface area contributed by atoms with E-state index in [0.29, 0.717) is 18.5 Å². The quantitative estimate of drug-likeness (QED) is 0.807. The first-order valence-corrected chi connectivity index (χ1v) is 6.16. The van der Waals surface area contributed by atoms with E-state index in [4.69, 9.17) is 5.73 Å². The Morgan fingerprint density at radius 3 is 2.61 bits per heavy atom. The molecule has 2 N–H and O–H groups in total. The van der Waals surface area contributed by atoms with Gasteiger partial charge in [-0.2, -0.15) is 0 Å². The van der Waals surface area contributed by atoms with Crippen LogP contribution in [0.5, 0.6) is 0 Å². The van der Waals surface area contributed by atoms with Gasteiger partial charge in [-0.15, -0.1) is 0 Å². The zero-order valence-corrected chi connectivity index (χ0v) is 10.8. The van der Waals surface area contributed by atoms with Gasteiger partial charge in [0.05, 0.1) is 0 Å². The van der Waals surface area contributed by atoms with Gasteiger partial charge < -0.3 is 10.6 Å². The lowest BCUT2D eigenvalue weighted by Crippen LogP contribution is -2.60. The minimum atomic E-state index is -0.288. The van der Waals surface area contributed by atoms with E-state index in [1.165, 1.54) is 0 Å². The molecule has 1 aromatic heterocycles. The fourth-order valence-corrected chi connectivity index (χ4v) is 2.30. The van der Waals surface area contributed by atoms with E-state index < -0.39 is 0 Å². The fraction of sp³-hybridized carbons (Fsp3) is 0.583. The molecule has 98 valence electrons. The van der Waals surface area contributed by atoms with Crippen LogP contribution >= 0.6 is 0 Å². The first-order chi connectivity index (χ1) is 8.59. The summed E-state index contributed by atoms with van der Waals surface area (Å²) in [6.45, 7) is 6.31. The van der Waals surface area contributed by atoms with E-state index >= 15 is 0 Å². The molecule has 1 fully saturated rings. The predicted molar refractivity (Wildman–Crippen MR) is 69.1 cm³/mol. The van der Waals surface area contributed by atoms with Crippen molar-refractivity contribution < 1.29 is 4.79 Å². The Hall–Kier alpha value is -1.69. The lowest BCUT2D eigenvalue weighted by atomic mass is 10.1. The lowest BCUT2D eigenvalue weighted by molar-refractivity contribution is -0.124. The topological polar surface area (TPSA) is 75.3 Å². The maximum atomic E-state index is 11.6. The number of amides is 1. The molecule has 0 aliphatic carbocycles. The van der Waals surface area contributed by atoms with Crippen LogP contribution in [-0.2, 0) is 4.79 Å². The number of rotatable bonds is 3. The molecule has 6 nitrogen and oxygen atoms in total. The summed E-state index contributed by atoms with van der Waals surface area (Å²) in [5, 5.41) is 0. The fourth-order valence-electron chi connectivity index (χ4n) is 2.30. The standard InChI is InChI=1S/C12H19N5O/c1-9(2)17-7-6-16(8-10(17)11(13)18)12-14-4-3-5-15-12/h3-5,9-10H,6-8H2,1-2H3,(H2,13,18)/t10-/m0/s1. The lowest BCUT2D eigenvalue weighted by Gasteiger charge is -2.41. The largest absolute Gasteiger partial charge is 0.368 e. The molecule has 2 heterocycles.